The first kappa shape index (κ1) is 18.4. The van der Waals surface area contributed by atoms with Gasteiger partial charge in [0.2, 0.25) is 0 Å². The summed E-state index contributed by atoms with van der Waals surface area (Å²) in [5.74, 6) is 1.17. The maximum Gasteiger partial charge on any atom is 0.0513 e. The van der Waals surface area contributed by atoms with Crippen LogP contribution >= 0.6 is 11.6 Å². The van der Waals surface area contributed by atoms with E-state index < -0.39 is 0 Å². The first-order valence-electron chi connectivity index (χ1n) is 11.4. The van der Waals surface area contributed by atoms with Crippen LogP contribution < -0.4 is 0 Å². The molecule has 2 heteroatoms. The Labute approximate surface area is 180 Å². The summed E-state index contributed by atoms with van der Waals surface area (Å²) in [4.78, 5) is 5.61. The number of benzene rings is 1. The van der Waals surface area contributed by atoms with Gasteiger partial charge in [-0.2, -0.15) is 0 Å². The number of fused-ring (bicyclic) bond motifs is 10. The lowest BCUT2D eigenvalue weighted by Gasteiger charge is -2.36. The van der Waals surface area contributed by atoms with Crippen LogP contribution in [0.25, 0.3) is 11.1 Å². The molecule has 1 aromatic heterocycles. The molecule has 2 aromatic rings. The van der Waals surface area contributed by atoms with Crippen molar-refractivity contribution in [2.24, 2.45) is 10.8 Å². The summed E-state index contributed by atoms with van der Waals surface area (Å²) < 4.78 is 0. The van der Waals surface area contributed by atoms with Crippen LogP contribution in [0.15, 0.2) is 24.3 Å². The summed E-state index contributed by atoms with van der Waals surface area (Å²) in [5, 5.41) is 0.888. The second-order valence-electron chi connectivity index (χ2n) is 11.8. The zero-order chi connectivity index (χ0) is 20.6. The minimum Gasteiger partial charge on any atom is -0.256 e. The second-order valence-corrected chi connectivity index (χ2v) is 12.2. The zero-order valence-electron chi connectivity index (χ0n) is 18.6. The molecule has 2 fully saturated rings. The number of pyridine rings is 1. The minimum absolute atomic E-state index is 0.167. The Balaban J connectivity index is 1.78. The average Bonchev–Trinajstić information content (AvgIpc) is 3.17. The van der Waals surface area contributed by atoms with E-state index in [0.717, 1.165) is 5.02 Å². The number of rotatable bonds is 1. The molecule has 1 aromatic carbocycles. The summed E-state index contributed by atoms with van der Waals surface area (Å²) in [5.41, 5.74) is 9.44. The number of halogens is 1. The third-order valence-electron chi connectivity index (χ3n) is 10.6. The van der Waals surface area contributed by atoms with Gasteiger partial charge in [0.05, 0.1) is 11.4 Å². The van der Waals surface area contributed by atoms with E-state index in [9.17, 15) is 0 Å². The molecular weight excluding hydrogens is 374 g/mol. The van der Waals surface area contributed by atoms with E-state index in [0.29, 0.717) is 11.8 Å². The highest BCUT2D eigenvalue weighted by Gasteiger charge is 2.66. The van der Waals surface area contributed by atoms with E-state index in [-0.39, 0.29) is 21.7 Å². The van der Waals surface area contributed by atoms with Crippen molar-refractivity contribution in [3.05, 3.63) is 51.8 Å². The fourth-order valence-corrected chi connectivity index (χ4v) is 8.18. The maximum absolute atomic E-state index is 6.86. The molecule has 2 saturated carbocycles. The summed E-state index contributed by atoms with van der Waals surface area (Å²) in [6, 6.07) is 8.53. The van der Waals surface area contributed by atoms with Crippen LogP contribution in [0.4, 0.5) is 0 Å². The Morgan fingerprint density at radius 1 is 0.793 bits per heavy atom. The molecule has 0 spiro atoms. The molecule has 29 heavy (non-hydrogen) atoms. The van der Waals surface area contributed by atoms with Gasteiger partial charge in [0, 0.05) is 21.4 Å². The largest absolute Gasteiger partial charge is 0.256 e. The van der Waals surface area contributed by atoms with Gasteiger partial charge in [-0.15, -0.1) is 0 Å². The summed E-state index contributed by atoms with van der Waals surface area (Å²) in [6.07, 6.45) is 5.07. The van der Waals surface area contributed by atoms with Gasteiger partial charge in [-0.05, 0) is 71.1 Å². The molecule has 1 nitrogen and oxygen atoms in total. The Kier molecular flexibility index (Phi) is 3.24. The van der Waals surface area contributed by atoms with E-state index in [1.54, 1.807) is 11.1 Å². The van der Waals surface area contributed by atoms with Crippen molar-refractivity contribution in [1.29, 1.82) is 0 Å². The van der Waals surface area contributed by atoms with Crippen molar-refractivity contribution in [2.45, 2.75) is 89.9 Å². The molecular formula is C27H32ClN. The Morgan fingerprint density at radius 2 is 1.28 bits per heavy atom. The summed E-state index contributed by atoms with van der Waals surface area (Å²) in [6.45, 7) is 14.9. The second kappa shape index (κ2) is 5.10. The van der Waals surface area contributed by atoms with Crippen LogP contribution in [0, 0.1) is 10.8 Å². The van der Waals surface area contributed by atoms with Crippen molar-refractivity contribution < 1.29 is 0 Å². The highest BCUT2D eigenvalue weighted by Crippen LogP contribution is 2.74. The number of aromatic nitrogens is 1. The van der Waals surface area contributed by atoms with Crippen LogP contribution in [-0.4, -0.2) is 4.98 Å². The van der Waals surface area contributed by atoms with E-state index in [4.69, 9.17) is 16.6 Å². The number of hydrogen-bond donors (Lipinski definition) is 0. The average molecular weight is 406 g/mol. The monoisotopic (exact) mass is 405 g/mol. The number of nitrogens with zero attached hydrogens (tertiary/aromatic N) is 1. The molecule has 0 N–H and O–H groups in total. The van der Waals surface area contributed by atoms with Gasteiger partial charge in [0.1, 0.15) is 0 Å². The molecule has 4 bridgehead atoms. The predicted molar refractivity (Wildman–Crippen MR) is 121 cm³/mol. The molecule has 152 valence electrons. The number of hydrogen-bond acceptors (Lipinski definition) is 1. The van der Waals surface area contributed by atoms with E-state index in [2.05, 4.69) is 65.8 Å². The third-order valence-corrected chi connectivity index (χ3v) is 10.9. The normalized spacial score (nSPS) is 37.1. The van der Waals surface area contributed by atoms with Crippen molar-refractivity contribution in [1.82, 2.24) is 4.98 Å². The summed E-state index contributed by atoms with van der Waals surface area (Å²) >= 11 is 6.86. The molecule has 4 atom stereocenters. The van der Waals surface area contributed by atoms with Crippen LogP contribution in [0.1, 0.15) is 102 Å². The van der Waals surface area contributed by atoms with Crippen LogP contribution in [0.3, 0.4) is 0 Å². The van der Waals surface area contributed by atoms with Gasteiger partial charge < -0.3 is 0 Å². The molecule has 0 amide bonds. The molecule has 6 rings (SSSR count). The highest BCUT2D eigenvalue weighted by atomic mass is 35.5. The zero-order valence-corrected chi connectivity index (χ0v) is 19.4. The van der Waals surface area contributed by atoms with Gasteiger partial charge in [0.25, 0.3) is 0 Å². The third kappa shape index (κ3) is 1.77. The van der Waals surface area contributed by atoms with Crippen molar-refractivity contribution in [3.8, 4) is 11.1 Å². The molecule has 4 aliphatic rings. The Morgan fingerprint density at radius 3 is 1.76 bits per heavy atom. The SMILES string of the molecule is CC1(C)[C@@H]2CC[C@@]1(C)c1nc3c(c(-c4ccccc4Cl)c12)[C@H]1CC[C@]3(C)C1(C)C. The molecule has 1 heterocycles. The van der Waals surface area contributed by atoms with Crippen molar-refractivity contribution >= 4 is 11.6 Å². The summed E-state index contributed by atoms with van der Waals surface area (Å²) in [7, 11) is 0. The Bertz CT molecular complexity index is 1020. The van der Waals surface area contributed by atoms with Gasteiger partial charge in [-0.3, -0.25) is 4.98 Å². The van der Waals surface area contributed by atoms with Crippen LogP contribution in [-0.2, 0) is 10.8 Å². The lowest BCUT2D eigenvalue weighted by atomic mass is 9.69. The Hall–Kier alpha value is -1.34. The molecule has 0 saturated heterocycles. The highest BCUT2D eigenvalue weighted by molar-refractivity contribution is 6.33. The molecule has 0 aliphatic heterocycles. The fraction of sp³-hybridized carbons (Fsp3) is 0.593. The van der Waals surface area contributed by atoms with E-state index >= 15 is 0 Å². The minimum atomic E-state index is 0.167. The van der Waals surface area contributed by atoms with Gasteiger partial charge in [-0.25, -0.2) is 0 Å². The smallest absolute Gasteiger partial charge is 0.0513 e. The lowest BCUT2D eigenvalue weighted by Crippen LogP contribution is -2.34. The van der Waals surface area contributed by atoms with Gasteiger partial charge >= 0.3 is 0 Å². The van der Waals surface area contributed by atoms with E-state index in [1.165, 1.54) is 48.2 Å². The van der Waals surface area contributed by atoms with Gasteiger partial charge in [-0.1, -0.05) is 71.3 Å². The van der Waals surface area contributed by atoms with Crippen LogP contribution in [0.5, 0.6) is 0 Å². The lowest BCUT2D eigenvalue weighted by molar-refractivity contribution is 0.218. The first-order chi connectivity index (χ1) is 13.6. The molecule has 0 unspecified atom stereocenters. The molecule has 4 aliphatic carbocycles. The van der Waals surface area contributed by atoms with Crippen molar-refractivity contribution in [3.63, 3.8) is 0 Å². The predicted octanol–water partition coefficient (Wildman–Crippen LogP) is 7.75. The molecule has 0 radical (unpaired) electrons. The fourth-order valence-electron chi connectivity index (χ4n) is 7.95. The quantitative estimate of drug-likeness (QED) is 0.472. The maximum atomic E-state index is 6.86. The van der Waals surface area contributed by atoms with E-state index in [1.807, 2.05) is 0 Å². The van der Waals surface area contributed by atoms with Crippen molar-refractivity contribution in [2.75, 3.05) is 0 Å². The van der Waals surface area contributed by atoms with Crippen LogP contribution in [0.2, 0.25) is 5.02 Å². The standard InChI is InChI=1S/C27H32ClN/c1-24(2)16-11-13-26(24,5)22-20(16)19(15-9-7-8-10-18(15)28)21-17-12-14-27(6,23(21)29-22)25(17,3)4/h7-10,16-17H,11-14H2,1-6H3/t16-,17-,26+,27+/m1/s1. The first-order valence-corrected chi connectivity index (χ1v) is 11.8. The van der Waals surface area contributed by atoms with Gasteiger partial charge in [0.15, 0.2) is 0 Å². The topological polar surface area (TPSA) is 12.9 Å².